The first-order valence-electron chi connectivity index (χ1n) is 10.3. The summed E-state index contributed by atoms with van der Waals surface area (Å²) in [4.78, 5) is 27.3. The van der Waals surface area contributed by atoms with E-state index in [1.54, 1.807) is 24.0 Å². The number of hydrogen-bond acceptors (Lipinski definition) is 6. The first-order chi connectivity index (χ1) is 15.1. The third-order valence-electron chi connectivity index (χ3n) is 5.18. The number of anilines is 2. The quantitative estimate of drug-likeness (QED) is 0.604. The van der Waals surface area contributed by atoms with E-state index < -0.39 is 19.4 Å². The summed E-state index contributed by atoms with van der Waals surface area (Å²) in [6.45, 7) is 1.41. The minimum Gasteiger partial charge on any atom is -0.439 e. The number of nitrogens with zero attached hydrogens (tertiary/aromatic N) is 4. The molecule has 2 amide bonds. The average molecular weight is 430 g/mol. The maximum absolute atomic E-state index is 13.1. The van der Waals surface area contributed by atoms with Crippen molar-refractivity contribution >= 4 is 28.4 Å². The molecule has 1 aliphatic rings. The highest BCUT2D eigenvalue weighted by Gasteiger charge is 2.19. The van der Waals surface area contributed by atoms with Crippen LogP contribution >= 0.6 is 0 Å². The molecular formula is C21H24F2N6O2. The molecule has 3 aromatic rings. The maximum atomic E-state index is 13.1. The second-order valence-electron chi connectivity index (χ2n) is 7.51. The minimum absolute atomic E-state index is 0.207. The van der Waals surface area contributed by atoms with E-state index in [2.05, 4.69) is 25.6 Å². The van der Waals surface area contributed by atoms with E-state index in [0.717, 1.165) is 19.3 Å². The summed E-state index contributed by atoms with van der Waals surface area (Å²) in [5, 5.41) is 6.24. The zero-order chi connectivity index (χ0) is 21.8. The average Bonchev–Trinajstić information content (AvgIpc) is 3.23. The summed E-state index contributed by atoms with van der Waals surface area (Å²) in [6, 6.07) is 2.08. The fourth-order valence-corrected chi connectivity index (χ4v) is 3.54. The Hall–Kier alpha value is -3.30. The number of urea groups is 1. The molecule has 4 heterocycles. The summed E-state index contributed by atoms with van der Waals surface area (Å²) in [6.07, 6.45) is 6.16. The van der Waals surface area contributed by atoms with Crippen LogP contribution in [0.15, 0.2) is 28.9 Å². The van der Waals surface area contributed by atoms with E-state index in [9.17, 15) is 13.6 Å². The number of nitrogens with one attached hydrogen (secondary N) is 2. The Balaban J connectivity index is 1.69. The molecule has 1 saturated heterocycles. The van der Waals surface area contributed by atoms with Crippen LogP contribution in [0.5, 0.6) is 0 Å². The summed E-state index contributed by atoms with van der Waals surface area (Å²) < 4.78 is 31.8. The van der Waals surface area contributed by atoms with E-state index in [1.807, 2.05) is 0 Å². The highest BCUT2D eigenvalue weighted by atomic mass is 19.1. The van der Waals surface area contributed by atoms with Crippen molar-refractivity contribution in [3.63, 3.8) is 0 Å². The number of piperidine rings is 1. The summed E-state index contributed by atoms with van der Waals surface area (Å²) in [5.74, 6) is 1.25. The van der Waals surface area contributed by atoms with E-state index in [-0.39, 0.29) is 6.03 Å². The molecule has 0 aliphatic carbocycles. The molecule has 0 spiro atoms. The van der Waals surface area contributed by atoms with Gasteiger partial charge in [-0.15, -0.1) is 0 Å². The lowest BCUT2D eigenvalue weighted by molar-refractivity contribution is 0.200. The van der Waals surface area contributed by atoms with E-state index >= 15 is 0 Å². The number of carbonyl (C=O) groups is 1. The molecule has 1 fully saturated rings. The van der Waals surface area contributed by atoms with Gasteiger partial charge in [-0.05, 0) is 25.3 Å². The second kappa shape index (κ2) is 9.23. The van der Waals surface area contributed by atoms with Crippen molar-refractivity contribution < 1.29 is 18.0 Å². The van der Waals surface area contributed by atoms with E-state index in [4.69, 9.17) is 4.42 Å². The van der Waals surface area contributed by atoms with E-state index in [0.29, 0.717) is 52.8 Å². The van der Waals surface area contributed by atoms with Crippen molar-refractivity contribution in [2.75, 3.05) is 37.1 Å². The number of halogens is 2. The molecule has 164 valence electrons. The minimum atomic E-state index is -0.992. The SMILES string of the molecule is Cc1ncc(-c2cc(NC(CF)CF)c3cnc(NC(=O)N4CCCCC4)cc3n2)o1. The zero-order valence-corrected chi connectivity index (χ0v) is 17.2. The predicted octanol–water partition coefficient (Wildman–Crippen LogP) is 4.33. The smallest absolute Gasteiger partial charge is 0.323 e. The highest BCUT2D eigenvalue weighted by Crippen LogP contribution is 2.30. The molecule has 3 aromatic heterocycles. The maximum Gasteiger partial charge on any atom is 0.323 e. The Labute approximate surface area is 178 Å². The number of fused-ring (bicyclic) bond motifs is 1. The first kappa shape index (κ1) is 21.0. The first-order valence-corrected chi connectivity index (χ1v) is 10.3. The fourth-order valence-electron chi connectivity index (χ4n) is 3.54. The highest BCUT2D eigenvalue weighted by molar-refractivity contribution is 5.96. The van der Waals surface area contributed by atoms with Crippen LogP contribution in [0.4, 0.5) is 25.1 Å². The molecule has 31 heavy (non-hydrogen) atoms. The zero-order valence-electron chi connectivity index (χ0n) is 17.2. The summed E-state index contributed by atoms with van der Waals surface area (Å²) in [7, 11) is 0. The van der Waals surface area contributed by atoms with Crippen LogP contribution in [0.1, 0.15) is 25.2 Å². The Morgan fingerprint density at radius 2 is 1.94 bits per heavy atom. The number of aryl methyl sites for hydroxylation is 1. The lowest BCUT2D eigenvalue weighted by atomic mass is 10.1. The molecule has 2 N–H and O–H groups in total. The molecule has 0 atom stereocenters. The van der Waals surface area contributed by atoms with Gasteiger partial charge in [0.25, 0.3) is 0 Å². The number of aromatic nitrogens is 3. The van der Waals surface area contributed by atoms with Crippen molar-refractivity contribution in [3.8, 4) is 11.5 Å². The Bertz CT molecular complexity index is 1060. The van der Waals surface area contributed by atoms with Gasteiger partial charge >= 0.3 is 6.03 Å². The molecule has 0 unspecified atom stereocenters. The third-order valence-corrected chi connectivity index (χ3v) is 5.18. The molecule has 4 rings (SSSR count). The van der Waals surface area contributed by atoms with Gasteiger partial charge in [0.15, 0.2) is 11.7 Å². The van der Waals surface area contributed by atoms with Gasteiger partial charge in [-0.1, -0.05) is 0 Å². The molecular weight excluding hydrogens is 406 g/mol. The lowest BCUT2D eigenvalue weighted by Crippen LogP contribution is -2.38. The number of hydrogen-bond donors (Lipinski definition) is 2. The number of likely N-dealkylation sites (tertiary alicyclic amines) is 1. The van der Waals surface area contributed by atoms with Crippen LogP contribution in [0.2, 0.25) is 0 Å². The Morgan fingerprint density at radius 3 is 2.61 bits per heavy atom. The number of carbonyl (C=O) groups excluding carboxylic acids is 1. The van der Waals surface area contributed by atoms with Crippen molar-refractivity contribution in [1.29, 1.82) is 0 Å². The number of amides is 2. The number of pyridine rings is 2. The molecule has 10 heteroatoms. The van der Waals surface area contributed by atoms with Gasteiger partial charge in [0, 0.05) is 43.4 Å². The van der Waals surface area contributed by atoms with Gasteiger partial charge in [0.1, 0.15) is 24.9 Å². The standard InChI is InChI=1S/C21H24F2N6O2/c1-13-24-12-19(31-13)18-7-16(26-14(9-22)10-23)15-11-25-20(8-17(15)27-18)28-21(30)29-5-3-2-4-6-29/h7-8,11-12,14H,2-6,9-10H2,1H3,(H,26,27)(H,25,28,30). The molecule has 0 saturated carbocycles. The van der Waals surface area contributed by atoms with Gasteiger partial charge in [0.05, 0.1) is 17.8 Å². The second-order valence-corrected chi connectivity index (χ2v) is 7.51. The van der Waals surface area contributed by atoms with Gasteiger partial charge < -0.3 is 14.6 Å². The normalized spacial score (nSPS) is 14.3. The van der Waals surface area contributed by atoms with Crippen LogP contribution in [0.25, 0.3) is 22.4 Å². The third kappa shape index (κ3) is 4.73. The lowest BCUT2D eigenvalue weighted by Gasteiger charge is -2.26. The van der Waals surface area contributed by atoms with Crippen molar-refractivity contribution in [2.45, 2.75) is 32.2 Å². The van der Waals surface area contributed by atoms with Crippen LogP contribution in [-0.4, -0.2) is 58.4 Å². The van der Waals surface area contributed by atoms with Crippen LogP contribution in [0, 0.1) is 6.92 Å². The fraction of sp³-hybridized carbons (Fsp3) is 0.429. The summed E-state index contributed by atoms with van der Waals surface area (Å²) >= 11 is 0. The molecule has 0 radical (unpaired) electrons. The number of alkyl halides is 2. The molecule has 1 aliphatic heterocycles. The van der Waals surface area contributed by atoms with Crippen LogP contribution < -0.4 is 10.6 Å². The van der Waals surface area contributed by atoms with Gasteiger partial charge in [0.2, 0.25) is 0 Å². The number of rotatable bonds is 6. The van der Waals surface area contributed by atoms with Crippen molar-refractivity contribution in [1.82, 2.24) is 19.9 Å². The van der Waals surface area contributed by atoms with Gasteiger partial charge in [-0.25, -0.2) is 28.5 Å². The molecule has 8 nitrogen and oxygen atoms in total. The summed E-state index contributed by atoms with van der Waals surface area (Å²) in [5.41, 5.74) is 1.41. The van der Waals surface area contributed by atoms with Crippen molar-refractivity contribution in [2.24, 2.45) is 0 Å². The van der Waals surface area contributed by atoms with Gasteiger partial charge in [-0.3, -0.25) is 5.32 Å². The Morgan fingerprint density at radius 1 is 1.16 bits per heavy atom. The van der Waals surface area contributed by atoms with Crippen molar-refractivity contribution in [3.05, 3.63) is 30.4 Å². The van der Waals surface area contributed by atoms with Crippen LogP contribution in [0.3, 0.4) is 0 Å². The Kier molecular flexibility index (Phi) is 6.24. The van der Waals surface area contributed by atoms with Gasteiger partial charge in [-0.2, -0.15) is 0 Å². The monoisotopic (exact) mass is 430 g/mol. The largest absolute Gasteiger partial charge is 0.439 e. The number of oxazole rings is 1. The van der Waals surface area contributed by atoms with E-state index in [1.165, 1.54) is 12.4 Å². The molecule has 0 aromatic carbocycles. The predicted molar refractivity (Wildman–Crippen MR) is 114 cm³/mol. The molecule has 0 bridgehead atoms. The topological polar surface area (TPSA) is 96.2 Å². The van der Waals surface area contributed by atoms with Crippen LogP contribution in [-0.2, 0) is 0 Å².